The molecular weight excluding hydrogens is 340 g/mol. The zero-order chi connectivity index (χ0) is 15.9. The summed E-state index contributed by atoms with van der Waals surface area (Å²) in [7, 11) is 3.03. The number of hydrogen-bond donors (Lipinski definition) is 0. The molecule has 0 aliphatic heterocycles. The molecule has 0 N–H and O–H groups in total. The summed E-state index contributed by atoms with van der Waals surface area (Å²) in [5, 5.41) is 0. The number of hydrogen-bond acceptors (Lipinski definition) is 7. The largest absolute Gasteiger partial charge is 0.459 e. The predicted molar refractivity (Wildman–Crippen MR) is 79.7 cm³/mol. The minimum atomic E-state index is -3.85. The molecule has 0 bridgehead atoms. The van der Waals surface area contributed by atoms with E-state index in [0.29, 0.717) is 18.1 Å². The third-order valence-electron chi connectivity index (χ3n) is 2.43. The number of aryl methyl sites for hydroxylation is 1. The highest BCUT2D eigenvalue weighted by Crippen LogP contribution is 2.28. The monoisotopic (exact) mass is 356 g/mol. The Morgan fingerprint density at radius 3 is 2.57 bits per heavy atom. The quantitative estimate of drug-likeness (QED) is 0.383. The van der Waals surface area contributed by atoms with E-state index in [2.05, 4.69) is 0 Å². The van der Waals surface area contributed by atoms with Gasteiger partial charge in [0.1, 0.15) is 11.5 Å². The van der Waals surface area contributed by atoms with Crippen molar-refractivity contribution >= 4 is 37.0 Å². The van der Waals surface area contributed by atoms with Crippen LogP contribution in [0.3, 0.4) is 0 Å². The molecule has 1 heterocycles. The Morgan fingerprint density at radius 2 is 2.00 bits per heavy atom. The lowest BCUT2D eigenvalue weighted by Crippen LogP contribution is -2.11. The van der Waals surface area contributed by atoms with Crippen molar-refractivity contribution in [3.8, 4) is 0 Å². The van der Waals surface area contributed by atoms with Crippen LogP contribution in [0.1, 0.15) is 21.0 Å². The topological polar surface area (TPSA) is 78.9 Å². The maximum absolute atomic E-state index is 11.7. The van der Waals surface area contributed by atoms with Gasteiger partial charge in [-0.25, -0.2) is 13.2 Å². The average molecular weight is 357 g/mol. The fraction of sp³-hybridized carbons (Fsp3) is 0.583. The summed E-state index contributed by atoms with van der Waals surface area (Å²) in [6.07, 6.45) is 0.769. The number of ether oxygens (including phenoxy) is 3. The van der Waals surface area contributed by atoms with Gasteiger partial charge < -0.3 is 14.2 Å². The number of carbonyl (C=O) groups is 1. The van der Waals surface area contributed by atoms with E-state index in [4.69, 9.17) is 24.9 Å². The van der Waals surface area contributed by atoms with Gasteiger partial charge in [-0.1, -0.05) is 0 Å². The second-order valence-corrected chi connectivity index (χ2v) is 7.85. The van der Waals surface area contributed by atoms with Gasteiger partial charge in [-0.3, -0.25) is 0 Å². The third-order valence-corrected chi connectivity index (χ3v) is 5.04. The Bertz CT molecular complexity index is 566. The van der Waals surface area contributed by atoms with Crippen LogP contribution in [0, 0.1) is 6.92 Å². The van der Waals surface area contributed by atoms with Crippen LogP contribution in [0.25, 0.3) is 0 Å². The van der Waals surface area contributed by atoms with Crippen molar-refractivity contribution in [2.45, 2.75) is 18.2 Å². The number of methoxy groups -OCH3 is 1. The molecule has 0 fully saturated rings. The first-order chi connectivity index (χ1) is 9.86. The van der Waals surface area contributed by atoms with Crippen molar-refractivity contribution in [2.24, 2.45) is 0 Å². The van der Waals surface area contributed by atoms with Gasteiger partial charge in [-0.2, -0.15) is 0 Å². The van der Waals surface area contributed by atoms with Gasteiger partial charge in [0.15, 0.2) is 0 Å². The number of thiophene rings is 1. The Hall–Kier alpha value is -0.670. The van der Waals surface area contributed by atoms with E-state index >= 15 is 0 Å². The van der Waals surface area contributed by atoms with E-state index in [9.17, 15) is 13.2 Å². The molecule has 0 atom stereocenters. The first kappa shape index (κ1) is 18.4. The maximum atomic E-state index is 11.7. The van der Waals surface area contributed by atoms with Crippen LogP contribution in [0.5, 0.6) is 0 Å². The number of esters is 1. The maximum Gasteiger partial charge on any atom is 0.348 e. The second-order valence-electron chi connectivity index (χ2n) is 4.06. The molecule has 21 heavy (non-hydrogen) atoms. The molecule has 0 saturated carbocycles. The SMILES string of the molecule is COCCCOCCOC(=O)c1cc(S(=O)(=O)Cl)c(C)s1. The first-order valence-electron chi connectivity index (χ1n) is 6.15. The van der Waals surface area contributed by atoms with Gasteiger partial charge in [0, 0.05) is 35.9 Å². The lowest BCUT2D eigenvalue weighted by atomic mass is 10.4. The first-order valence-corrected chi connectivity index (χ1v) is 9.27. The summed E-state index contributed by atoms with van der Waals surface area (Å²) in [6, 6.07) is 1.23. The standard InChI is InChI=1S/C12H17ClO6S2/c1-9-11(21(13,15)16)8-10(20-9)12(14)19-7-6-18-5-3-4-17-2/h8H,3-7H2,1-2H3. The van der Waals surface area contributed by atoms with Crippen molar-refractivity contribution in [1.29, 1.82) is 0 Å². The minimum Gasteiger partial charge on any atom is -0.459 e. The predicted octanol–water partition coefficient (Wildman–Crippen LogP) is 2.19. The highest BCUT2D eigenvalue weighted by atomic mass is 35.7. The molecule has 120 valence electrons. The van der Waals surface area contributed by atoms with Crippen LogP contribution in [0.2, 0.25) is 0 Å². The molecular formula is C12H17ClO6S2. The normalized spacial score (nSPS) is 11.6. The van der Waals surface area contributed by atoms with Crippen molar-refractivity contribution in [1.82, 2.24) is 0 Å². The van der Waals surface area contributed by atoms with E-state index in [1.807, 2.05) is 0 Å². The van der Waals surface area contributed by atoms with Crippen LogP contribution in [-0.4, -0.2) is 47.9 Å². The van der Waals surface area contributed by atoms with Gasteiger partial charge >= 0.3 is 5.97 Å². The van der Waals surface area contributed by atoms with E-state index in [1.165, 1.54) is 6.07 Å². The molecule has 0 aromatic carbocycles. The van der Waals surface area contributed by atoms with Crippen molar-refractivity contribution in [3.63, 3.8) is 0 Å². The smallest absolute Gasteiger partial charge is 0.348 e. The van der Waals surface area contributed by atoms with Crippen LogP contribution in [-0.2, 0) is 23.3 Å². The van der Waals surface area contributed by atoms with Crippen molar-refractivity contribution < 1.29 is 27.4 Å². The zero-order valence-electron chi connectivity index (χ0n) is 11.8. The summed E-state index contributed by atoms with van der Waals surface area (Å²) in [5.41, 5.74) is 0. The van der Waals surface area contributed by atoms with Crippen LogP contribution in [0.15, 0.2) is 11.0 Å². The van der Waals surface area contributed by atoms with Gasteiger partial charge in [0.05, 0.1) is 11.5 Å². The number of rotatable bonds is 9. The van der Waals surface area contributed by atoms with Gasteiger partial charge in [-0.15, -0.1) is 11.3 Å². The van der Waals surface area contributed by atoms with E-state index < -0.39 is 15.0 Å². The molecule has 1 aromatic heterocycles. The van der Waals surface area contributed by atoms with Crippen LogP contribution >= 0.6 is 22.0 Å². The molecule has 0 spiro atoms. The molecule has 6 nitrogen and oxygen atoms in total. The summed E-state index contributed by atoms with van der Waals surface area (Å²) < 4.78 is 37.6. The summed E-state index contributed by atoms with van der Waals surface area (Å²) in [6.45, 7) is 3.10. The fourth-order valence-corrected chi connectivity index (χ4v) is 4.04. The molecule has 9 heteroatoms. The lowest BCUT2D eigenvalue weighted by molar-refractivity contribution is 0.0292. The van der Waals surface area contributed by atoms with Gasteiger partial charge in [-0.05, 0) is 19.4 Å². The molecule has 0 aliphatic rings. The Labute approximate surface area is 132 Å². The Morgan fingerprint density at radius 1 is 1.29 bits per heavy atom. The molecule has 0 radical (unpaired) electrons. The Balaban J connectivity index is 2.40. The summed E-state index contributed by atoms with van der Waals surface area (Å²) in [5.74, 6) is -0.588. The molecule has 0 aliphatic carbocycles. The fourth-order valence-electron chi connectivity index (χ4n) is 1.48. The second kappa shape index (κ2) is 8.70. The highest BCUT2D eigenvalue weighted by molar-refractivity contribution is 8.13. The summed E-state index contributed by atoms with van der Waals surface area (Å²) in [4.78, 5) is 12.3. The van der Waals surface area contributed by atoms with Crippen LogP contribution < -0.4 is 0 Å². The van der Waals surface area contributed by atoms with E-state index in [1.54, 1.807) is 14.0 Å². The number of carbonyl (C=O) groups excluding carboxylic acids is 1. The van der Waals surface area contributed by atoms with Crippen molar-refractivity contribution in [3.05, 3.63) is 15.8 Å². The van der Waals surface area contributed by atoms with E-state index in [0.717, 1.165) is 17.8 Å². The van der Waals surface area contributed by atoms with Crippen LogP contribution in [0.4, 0.5) is 0 Å². The third kappa shape index (κ3) is 6.31. The average Bonchev–Trinajstić information content (AvgIpc) is 2.79. The lowest BCUT2D eigenvalue weighted by Gasteiger charge is -2.04. The molecule has 0 amide bonds. The van der Waals surface area contributed by atoms with Gasteiger partial charge in [0.25, 0.3) is 9.05 Å². The Kier molecular flexibility index (Phi) is 7.61. The minimum absolute atomic E-state index is 0.0584. The molecule has 0 saturated heterocycles. The highest BCUT2D eigenvalue weighted by Gasteiger charge is 2.20. The molecule has 0 unspecified atom stereocenters. The zero-order valence-corrected chi connectivity index (χ0v) is 14.1. The molecule has 1 rings (SSSR count). The summed E-state index contributed by atoms with van der Waals surface area (Å²) >= 11 is 1.03. The molecule has 1 aromatic rings. The van der Waals surface area contributed by atoms with E-state index in [-0.39, 0.29) is 23.0 Å². The number of halogens is 1. The van der Waals surface area contributed by atoms with Gasteiger partial charge in [0.2, 0.25) is 0 Å². The van der Waals surface area contributed by atoms with Crippen molar-refractivity contribution in [2.75, 3.05) is 33.5 Å².